The van der Waals surface area contributed by atoms with Gasteiger partial charge in [-0.3, -0.25) is 0 Å². The van der Waals surface area contributed by atoms with Crippen molar-refractivity contribution in [1.29, 1.82) is 0 Å². The molecule has 0 aliphatic rings. The molecule has 0 saturated carbocycles. The number of nitrogens with zero attached hydrogens (tertiary/aromatic N) is 1. The molecule has 0 atom stereocenters. The highest BCUT2D eigenvalue weighted by molar-refractivity contribution is 6.11. The smallest absolute Gasteiger partial charge is 0.151 e. The maximum atomic E-state index is 14.2. The average Bonchev–Trinajstić information content (AvgIpc) is 2.60. The highest BCUT2D eigenvalue weighted by Gasteiger charge is 2.18. The summed E-state index contributed by atoms with van der Waals surface area (Å²) < 4.78 is 56.7. The van der Waals surface area contributed by atoms with Crippen LogP contribution in [0.15, 0.2) is 53.5 Å². The van der Waals surface area contributed by atoms with Crippen molar-refractivity contribution in [2.75, 3.05) is 5.32 Å². The Bertz CT molecular complexity index is 1010. The lowest BCUT2D eigenvalue weighted by Crippen LogP contribution is -2.18. The molecule has 0 aliphatic carbocycles. The molecular weight excluding hydrogens is 368 g/mol. The number of aryl methyl sites for hydroxylation is 3. The van der Waals surface area contributed by atoms with Gasteiger partial charge in [-0.25, -0.2) is 22.6 Å². The standard InChI is InChI=1S/C22H18F4N2/c1-12-10-13(2)19(14(3)11-12)22(27-20-15(23)6-4-7-16(20)24)28-21-17(25)8-5-9-18(21)26/h4-11H,1-3H3,(H,27,28). The summed E-state index contributed by atoms with van der Waals surface area (Å²) in [5.74, 6) is -3.50. The van der Waals surface area contributed by atoms with Crippen molar-refractivity contribution in [1.82, 2.24) is 0 Å². The van der Waals surface area contributed by atoms with Gasteiger partial charge in [0.15, 0.2) is 11.6 Å². The fraction of sp³-hybridized carbons (Fsp3) is 0.136. The van der Waals surface area contributed by atoms with Gasteiger partial charge in [-0.2, -0.15) is 0 Å². The van der Waals surface area contributed by atoms with Crippen molar-refractivity contribution < 1.29 is 17.6 Å². The van der Waals surface area contributed by atoms with E-state index in [1.807, 2.05) is 19.1 Å². The molecule has 0 amide bonds. The molecule has 1 N–H and O–H groups in total. The SMILES string of the molecule is Cc1cc(C)c(C(=Nc2c(F)cccc2F)Nc2c(F)cccc2F)c(C)c1. The monoisotopic (exact) mass is 386 g/mol. The Morgan fingerprint density at radius 1 is 0.750 bits per heavy atom. The zero-order valence-corrected chi connectivity index (χ0v) is 15.6. The van der Waals surface area contributed by atoms with Crippen LogP contribution < -0.4 is 5.32 Å². The fourth-order valence-electron chi connectivity index (χ4n) is 3.14. The van der Waals surface area contributed by atoms with Crippen molar-refractivity contribution in [2.24, 2.45) is 4.99 Å². The topological polar surface area (TPSA) is 24.4 Å². The summed E-state index contributed by atoms with van der Waals surface area (Å²) in [5, 5.41) is 2.60. The van der Waals surface area contributed by atoms with Gasteiger partial charge in [-0.15, -0.1) is 0 Å². The zero-order chi connectivity index (χ0) is 20.4. The van der Waals surface area contributed by atoms with Crippen molar-refractivity contribution in [3.63, 3.8) is 0 Å². The van der Waals surface area contributed by atoms with Crippen LogP contribution in [0.3, 0.4) is 0 Å². The average molecular weight is 386 g/mol. The van der Waals surface area contributed by atoms with E-state index in [2.05, 4.69) is 10.3 Å². The van der Waals surface area contributed by atoms with E-state index in [-0.39, 0.29) is 5.84 Å². The summed E-state index contributed by atoms with van der Waals surface area (Å²) in [6.07, 6.45) is 0. The van der Waals surface area contributed by atoms with Crippen LogP contribution in [0.5, 0.6) is 0 Å². The van der Waals surface area contributed by atoms with Gasteiger partial charge in [0.05, 0.1) is 0 Å². The van der Waals surface area contributed by atoms with Crippen molar-refractivity contribution in [2.45, 2.75) is 20.8 Å². The highest BCUT2D eigenvalue weighted by atomic mass is 19.1. The lowest BCUT2D eigenvalue weighted by Gasteiger charge is -2.17. The number of benzene rings is 3. The van der Waals surface area contributed by atoms with Gasteiger partial charge in [0.25, 0.3) is 0 Å². The van der Waals surface area contributed by atoms with Gasteiger partial charge >= 0.3 is 0 Å². The van der Waals surface area contributed by atoms with Crippen LogP contribution in [-0.2, 0) is 0 Å². The largest absolute Gasteiger partial charge is 0.335 e. The normalized spacial score (nSPS) is 11.6. The number of hydrogen-bond acceptors (Lipinski definition) is 1. The minimum atomic E-state index is -0.879. The number of halogens is 4. The first-order valence-electron chi connectivity index (χ1n) is 8.60. The van der Waals surface area contributed by atoms with Crippen molar-refractivity contribution in [3.05, 3.63) is 94.1 Å². The molecule has 6 heteroatoms. The summed E-state index contributed by atoms with van der Waals surface area (Å²) in [5.41, 5.74) is 2.00. The lowest BCUT2D eigenvalue weighted by atomic mass is 9.98. The molecule has 28 heavy (non-hydrogen) atoms. The first kappa shape index (κ1) is 19.6. The molecule has 3 rings (SSSR count). The summed E-state index contributed by atoms with van der Waals surface area (Å²) in [6.45, 7) is 5.49. The summed E-state index contributed by atoms with van der Waals surface area (Å²) in [4.78, 5) is 4.08. The van der Waals surface area contributed by atoms with Crippen LogP contribution >= 0.6 is 0 Å². The summed E-state index contributed by atoms with van der Waals surface area (Å²) in [6, 6.07) is 10.5. The van der Waals surface area contributed by atoms with Gasteiger partial charge in [0.1, 0.15) is 28.8 Å². The van der Waals surface area contributed by atoms with E-state index >= 15 is 0 Å². The van der Waals surface area contributed by atoms with Crippen molar-refractivity contribution >= 4 is 17.2 Å². The number of rotatable bonds is 3. The molecule has 0 aromatic heterocycles. The third-order valence-electron chi connectivity index (χ3n) is 4.28. The predicted molar refractivity (Wildman–Crippen MR) is 103 cm³/mol. The maximum Gasteiger partial charge on any atom is 0.151 e. The van der Waals surface area contributed by atoms with E-state index in [4.69, 9.17) is 0 Å². The van der Waals surface area contributed by atoms with Crippen LogP contribution in [0.25, 0.3) is 0 Å². The predicted octanol–water partition coefficient (Wildman–Crippen LogP) is 6.36. The minimum absolute atomic E-state index is 0.0528. The Morgan fingerprint density at radius 3 is 1.71 bits per heavy atom. The minimum Gasteiger partial charge on any atom is -0.335 e. The third-order valence-corrected chi connectivity index (χ3v) is 4.28. The number of hydrogen-bond donors (Lipinski definition) is 1. The first-order valence-corrected chi connectivity index (χ1v) is 8.60. The van der Waals surface area contributed by atoms with E-state index in [1.165, 1.54) is 12.1 Å². The number of nitrogens with one attached hydrogen (secondary N) is 1. The Balaban J connectivity index is 2.25. The van der Waals surface area contributed by atoms with E-state index in [0.717, 1.165) is 41.0 Å². The molecule has 0 saturated heterocycles. The fourth-order valence-corrected chi connectivity index (χ4v) is 3.14. The number of anilines is 1. The van der Waals surface area contributed by atoms with Crippen molar-refractivity contribution in [3.8, 4) is 0 Å². The second kappa shape index (κ2) is 7.84. The number of aliphatic imine (C=N–C) groups is 1. The van der Waals surface area contributed by atoms with Crippen LogP contribution in [0.1, 0.15) is 22.3 Å². The number of amidine groups is 1. The quantitative estimate of drug-likeness (QED) is 0.316. The molecule has 0 aliphatic heterocycles. The van der Waals surface area contributed by atoms with E-state index < -0.39 is 34.6 Å². The molecule has 0 unspecified atom stereocenters. The summed E-state index contributed by atoms with van der Waals surface area (Å²) >= 11 is 0. The second-order valence-corrected chi connectivity index (χ2v) is 6.53. The summed E-state index contributed by atoms with van der Waals surface area (Å²) in [7, 11) is 0. The molecule has 0 heterocycles. The van der Waals surface area contributed by atoms with Crippen LogP contribution in [0, 0.1) is 44.0 Å². The van der Waals surface area contributed by atoms with Crippen LogP contribution in [0.4, 0.5) is 28.9 Å². The van der Waals surface area contributed by atoms with Gasteiger partial charge in [-0.1, -0.05) is 29.8 Å². The first-order chi connectivity index (χ1) is 13.3. The lowest BCUT2D eigenvalue weighted by molar-refractivity contribution is 0.587. The molecular formula is C22H18F4N2. The molecule has 3 aromatic rings. The Labute approximate surface area is 160 Å². The van der Waals surface area contributed by atoms with Gasteiger partial charge in [-0.05, 0) is 56.2 Å². The molecule has 144 valence electrons. The second-order valence-electron chi connectivity index (χ2n) is 6.53. The third kappa shape index (κ3) is 3.91. The molecule has 0 radical (unpaired) electrons. The zero-order valence-electron chi connectivity index (χ0n) is 15.6. The van der Waals surface area contributed by atoms with E-state index in [9.17, 15) is 17.6 Å². The Kier molecular flexibility index (Phi) is 5.49. The highest BCUT2D eigenvalue weighted by Crippen LogP contribution is 2.27. The van der Waals surface area contributed by atoms with Gasteiger partial charge < -0.3 is 5.32 Å². The molecule has 2 nitrogen and oxygen atoms in total. The molecule has 0 spiro atoms. The molecule has 3 aromatic carbocycles. The van der Waals surface area contributed by atoms with Crippen LogP contribution in [-0.4, -0.2) is 5.84 Å². The van der Waals surface area contributed by atoms with Gasteiger partial charge in [0.2, 0.25) is 0 Å². The van der Waals surface area contributed by atoms with E-state index in [0.29, 0.717) is 5.56 Å². The Hall–Kier alpha value is -3.15. The number of para-hydroxylation sites is 2. The molecule has 0 fully saturated rings. The van der Waals surface area contributed by atoms with Gasteiger partial charge in [0, 0.05) is 5.56 Å². The van der Waals surface area contributed by atoms with Crippen LogP contribution in [0.2, 0.25) is 0 Å². The Morgan fingerprint density at radius 2 is 1.21 bits per heavy atom. The molecule has 0 bridgehead atoms. The maximum absolute atomic E-state index is 14.2. The van der Waals surface area contributed by atoms with E-state index in [1.54, 1.807) is 13.8 Å².